The van der Waals surface area contributed by atoms with Gasteiger partial charge in [-0.3, -0.25) is 67.1 Å². The number of esters is 14. The average Bonchev–Trinajstić information content (AvgIpc) is 0.780. The number of hydrogen-bond acceptors (Lipinski definition) is 49. The van der Waals surface area contributed by atoms with Crippen LogP contribution in [0.3, 0.4) is 0 Å². The molecule has 0 amide bonds. The molecule has 0 saturated carbocycles. The molecule has 0 spiro atoms. The van der Waals surface area contributed by atoms with Gasteiger partial charge in [-0.2, -0.15) is 0 Å². The summed E-state index contributed by atoms with van der Waals surface area (Å²) < 4.78 is 177. The smallest absolute Gasteiger partial charge is 0.306 e. The van der Waals surface area contributed by atoms with Crippen molar-refractivity contribution in [1.82, 2.24) is 0 Å². The Morgan fingerprint density at radius 1 is 0.150 bits per heavy atom. The summed E-state index contributed by atoms with van der Waals surface area (Å²) in [5.41, 5.74) is 0. The zero-order chi connectivity index (χ0) is 97.9. The van der Waals surface area contributed by atoms with E-state index in [0.29, 0.717) is 0 Å². The third-order valence-electron chi connectivity index (χ3n) is 22.2. The second-order valence-electron chi connectivity index (χ2n) is 31.1. The van der Waals surface area contributed by atoms with Crippen molar-refractivity contribution >= 4 is 83.6 Å². The van der Waals surface area contributed by atoms with E-state index in [1.165, 1.54) is 96.9 Å². The fourth-order valence-corrected chi connectivity index (χ4v) is 15.3. The normalized spacial score (nSPS) is 36.3. The van der Waals surface area contributed by atoms with E-state index in [4.69, 9.17) is 133 Å². The monoisotopic (exact) mass is 1920 g/mol. The van der Waals surface area contributed by atoms with E-state index in [0.717, 1.165) is 0 Å². The minimum Gasteiger partial charge on any atom is -0.455 e. The zero-order valence-corrected chi connectivity index (χ0v) is 76.3. The molecular weight excluding hydrogens is 1790 g/mol. The van der Waals surface area contributed by atoms with Crippen molar-refractivity contribution in [1.29, 1.82) is 0 Å². The van der Waals surface area contributed by atoms with Gasteiger partial charge in [0.15, 0.2) is 129 Å². The maximum atomic E-state index is 14.2. The highest BCUT2D eigenvalue weighted by molar-refractivity contribution is 5.75. The first-order valence-electron chi connectivity index (χ1n) is 44.9. The van der Waals surface area contributed by atoms with E-state index in [1.807, 2.05) is 0 Å². The van der Waals surface area contributed by atoms with Crippen LogP contribution in [-0.4, -0.2) is 381 Å². The summed E-state index contributed by atoms with van der Waals surface area (Å²) >= 11 is 0. The summed E-state index contributed by atoms with van der Waals surface area (Å²) in [4.78, 5) is 198. The molecule has 0 aliphatic carbocycles. The Kier molecular flexibility index (Phi) is 43.8. The van der Waals surface area contributed by atoms with E-state index in [1.54, 1.807) is 0 Å². The topological polar surface area (TPSA) is 639 Å². The standard InChI is InChI=1S/C84H126O49/c1-15-43(92)113-64-57-36(29-85)106-78(71(64)120-50(99)22-8)128-58-37(30-86)108-80(73(122-52(101)24-10)65(58)114-44(93)16-2)130-60-39(32-88)110-82(75(124-54(103)26-12)67(60)116-46(95)18-4)132-62-41(34-90)112-84(77(126-56(105)28-14)69(62)118-48(97)20-6)133-63-42(35-91)111-83(76(125-55(104)27-13)70(63)119-49(98)21-7)131-61-40(33-89)109-81(74(123-53(102)25-11)68(61)117-47(96)19-5)129-59-38(31-87)107-79(127-57)72(121-51(100)23-9)66(59)115-45(94)17-3/h36-42,57-91H,15-35H2,1-14H3. The first-order chi connectivity index (χ1) is 63.7. The average molecular weight is 1920 g/mol. The van der Waals surface area contributed by atoms with Gasteiger partial charge in [-0.1, -0.05) is 96.9 Å². The van der Waals surface area contributed by atoms with E-state index < -0.39 is 435 Å². The molecule has 133 heavy (non-hydrogen) atoms. The van der Waals surface area contributed by atoms with Crippen LogP contribution in [0.25, 0.3) is 0 Å². The molecule has 7 N–H and O–H groups in total. The van der Waals surface area contributed by atoms with E-state index in [2.05, 4.69) is 0 Å². The van der Waals surface area contributed by atoms with Gasteiger partial charge in [0, 0.05) is 89.9 Å². The van der Waals surface area contributed by atoms with Gasteiger partial charge in [0.05, 0.1) is 46.2 Å². The molecule has 0 aromatic heterocycles. The van der Waals surface area contributed by atoms with Gasteiger partial charge < -0.3 is 168 Å². The first-order valence-corrected chi connectivity index (χ1v) is 44.9. The Labute approximate surface area is 764 Å². The number of aliphatic hydroxyl groups excluding tert-OH is 7. The number of hydrogen-bond donors (Lipinski definition) is 7. The molecule has 35 unspecified atom stereocenters. The number of carbonyl (C=O) groups is 14. The lowest BCUT2D eigenvalue weighted by Gasteiger charge is -2.52. The Morgan fingerprint density at radius 2 is 0.233 bits per heavy atom. The summed E-state index contributed by atoms with van der Waals surface area (Å²) in [6, 6.07) is 0. The summed E-state index contributed by atoms with van der Waals surface area (Å²) in [5.74, 6) is -15.8. The van der Waals surface area contributed by atoms with Crippen molar-refractivity contribution in [3.05, 3.63) is 0 Å². The van der Waals surface area contributed by atoms with Crippen molar-refractivity contribution < 1.29 is 236 Å². The molecule has 0 aromatic rings. The fraction of sp³-hybridized carbons (Fsp3) is 0.833. The van der Waals surface area contributed by atoms with Gasteiger partial charge >= 0.3 is 83.6 Å². The molecule has 21 aliphatic rings. The molecule has 49 heteroatoms. The number of carbonyl (C=O) groups excluding carboxylic acids is 14. The lowest BCUT2D eigenvalue weighted by Crippen LogP contribution is -2.70. The summed E-state index contributed by atoms with van der Waals surface area (Å²) in [6.45, 7) is 9.67. The maximum absolute atomic E-state index is 14.2. The summed E-state index contributed by atoms with van der Waals surface area (Å²) in [7, 11) is 0. The van der Waals surface area contributed by atoms with Gasteiger partial charge in [0.2, 0.25) is 0 Å². The Balaban J connectivity index is 1.46. The minimum absolute atomic E-state index is 0.499. The molecule has 0 aromatic carbocycles. The fourth-order valence-electron chi connectivity index (χ4n) is 15.3. The van der Waals surface area contributed by atoms with Crippen molar-refractivity contribution in [2.45, 2.75) is 402 Å². The highest BCUT2D eigenvalue weighted by atomic mass is 16.8. The minimum atomic E-state index is -2.32. The van der Waals surface area contributed by atoms with Crippen LogP contribution < -0.4 is 0 Å². The highest BCUT2D eigenvalue weighted by Gasteiger charge is 2.66. The summed E-state index contributed by atoms with van der Waals surface area (Å²) in [6.07, 6.45) is -83.8. The zero-order valence-electron chi connectivity index (χ0n) is 76.3. The number of rotatable bonds is 35. The maximum Gasteiger partial charge on any atom is 0.306 e. The van der Waals surface area contributed by atoms with Gasteiger partial charge in [0.1, 0.15) is 85.5 Å². The van der Waals surface area contributed by atoms with Gasteiger partial charge in [-0.25, -0.2) is 0 Å². The molecule has 21 aliphatic heterocycles. The first kappa shape index (κ1) is 110. The second kappa shape index (κ2) is 52.9. The van der Waals surface area contributed by atoms with E-state index in [9.17, 15) is 103 Å². The molecule has 21 heterocycles. The Morgan fingerprint density at radius 3 is 0.308 bits per heavy atom. The van der Waals surface area contributed by atoms with Crippen LogP contribution in [0, 0.1) is 0 Å². The SMILES string of the molecule is CCC(=O)OC1C2OC(CO)C(OC3OC(CO)C(OC4OC(CO)C(OC5OC(CO)C(OC6OC(CO)C(OC7OC(CO)C(OC8OC(CO)C(O2)C(OC(=O)CC)C8OC(=O)CC)C(OC(=O)CC)C7OC(=O)CC)C(OC(=O)CC)C6OC(=O)CC)C(OC(=O)CC)C5OC(=O)CC)C(OC(=O)CC)C4OC(=O)CC)C(OC(=O)CC)C3OC(=O)CC)C1OC(=O)CC. The third kappa shape index (κ3) is 27.6. The molecule has 21 saturated heterocycles. The van der Waals surface area contributed by atoms with Crippen LogP contribution in [0.1, 0.15) is 187 Å². The molecule has 21 rings (SSSR count). The molecule has 21 fully saturated rings. The quantitative estimate of drug-likeness (QED) is 0.0272. The Bertz CT molecular complexity index is 3160. The predicted molar refractivity (Wildman–Crippen MR) is 427 cm³/mol. The van der Waals surface area contributed by atoms with Crippen LogP contribution >= 0.6 is 0 Å². The molecule has 0 radical (unpaired) electrons. The third-order valence-corrected chi connectivity index (χ3v) is 22.2. The van der Waals surface area contributed by atoms with Crippen LogP contribution in [0.15, 0.2) is 0 Å². The van der Waals surface area contributed by atoms with Crippen molar-refractivity contribution in [2.24, 2.45) is 0 Å². The molecule has 756 valence electrons. The predicted octanol–water partition coefficient (Wildman–Crippen LogP) is -1.78. The second-order valence-corrected chi connectivity index (χ2v) is 31.1. The van der Waals surface area contributed by atoms with Crippen molar-refractivity contribution in [3.63, 3.8) is 0 Å². The lowest BCUT2D eigenvalue weighted by molar-refractivity contribution is -0.397. The molecular formula is C84H126O49. The van der Waals surface area contributed by atoms with Crippen molar-refractivity contribution in [2.75, 3.05) is 46.2 Å². The van der Waals surface area contributed by atoms with Gasteiger partial charge in [-0.05, 0) is 0 Å². The summed E-state index contributed by atoms with van der Waals surface area (Å²) in [5, 5.41) is 82.0. The van der Waals surface area contributed by atoms with E-state index >= 15 is 0 Å². The number of ether oxygens (including phenoxy) is 28. The number of aliphatic hydroxyl groups is 7. The van der Waals surface area contributed by atoms with Gasteiger partial charge in [-0.15, -0.1) is 0 Å². The van der Waals surface area contributed by atoms with Crippen LogP contribution in [0.2, 0.25) is 0 Å². The molecule has 35 atom stereocenters. The van der Waals surface area contributed by atoms with Crippen LogP contribution in [-0.2, 0) is 200 Å². The van der Waals surface area contributed by atoms with Crippen LogP contribution in [0.4, 0.5) is 0 Å². The largest absolute Gasteiger partial charge is 0.455 e. The van der Waals surface area contributed by atoms with Gasteiger partial charge in [0.25, 0.3) is 0 Å². The molecule has 49 nitrogen and oxygen atoms in total. The van der Waals surface area contributed by atoms with Crippen molar-refractivity contribution in [3.8, 4) is 0 Å². The van der Waals surface area contributed by atoms with Crippen LogP contribution in [0.5, 0.6) is 0 Å². The molecule has 14 bridgehead atoms. The lowest BCUT2D eigenvalue weighted by atomic mass is 9.94. The Hall–Kier alpha value is -8.26. The van der Waals surface area contributed by atoms with E-state index in [-0.39, 0.29) is 0 Å². The highest BCUT2D eigenvalue weighted by Crippen LogP contribution is 2.45.